The molecule has 3 heteroatoms. The van der Waals surface area contributed by atoms with E-state index in [1.807, 2.05) is 0 Å². The van der Waals surface area contributed by atoms with Crippen LogP contribution < -0.4 is 14.5 Å². The molecule has 0 fully saturated rings. The number of hydrogen-bond acceptors (Lipinski definition) is 3. The maximum atomic E-state index is 6.84. The Hall–Kier alpha value is -7.88. The second kappa shape index (κ2) is 14.6. The summed E-state index contributed by atoms with van der Waals surface area (Å²) in [5.74, 6) is 1.71. The second-order valence-electron chi connectivity index (χ2n) is 15.0. The summed E-state index contributed by atoms with van der Waals surface area (Å²) in [5, 5.41) is 4.66. The molecule has 0 bridgehead atoms. The van der Waals surface area contributed by atoms with Crippen molar-refractivity contribution >= 4 is 55.7 Å². The summed E-state index contributed by atoms with van der Waals surface area (Å²) in [6.45, 7) is 0. The summed E-state index contributed by atoms with van der Waals surface area (Å²) in [6, 6.07) is 82.1. The maximum absolute atomic E-state index is 6.84. The molecule has 278 valence electrons. The summed E-state index contributed by atoms with van der Waals surface area (Å²) in [5.41, 5.74) is 13.5. The second-order valence-corrected chi connectivity index (χ2v) is 15.0. The van der Waals surface area contributed by atoms with Crippen molar-refractivity contribution in [2.75, 3.05) is 9.80 Å². The Labute approximate surface area is 344 Å². The third kappa shape index (κ3) is 6.26. The Kier molecular flexibility index (Phi) is 8.49. The molecule has 0 aliphatic carbocycles. The molecule has 3 nitrogen and oxygen atoms in total. The van der Waals surface area contributed by atoms with Crippen LogP contribution in [0.25, 0.3) is 54.9 Å². The first-order valence-electron chi connectivity index (χ1n) is 20.1. The standard InChI is InChI=1S/C56H38N2O/c1-5-14-39(15-6-1)41-24-29-46(30-25-41)58(47-31-26-42(27-32-47)40-16-7-2-8-17-40)48-33-28-43-36-53-50-35-34-49(57(44-18-9-3-10-19-44)45-20-11-4-12-21-45)38-55(50)59-54-23-13-22-51(56(53)54)52(43)37-48/h1-38H. The lowest BCUT2D eigenvalue weighted by Gasteiger charge is -2.28. The summed E-state index contributed by atoms with van der Waals surface area (Å²) in [4.78, 5) is 4.63. The molecular formula is C56H38N2O. The number of anilines is 6. The smallest absolute Gasteiger partial charge is 0.137 e. The highest BCUT2D eigenvalue weighted by Crippen LogP contribution is 2.51. The first-order valence-corrected chi connectivity index (χ1v) is 20.1. The van der Waals surface area contributed by atoms with Gasteiger partial charge in [0.05, 0.1) is 0 Å². The first-order chi connectivity index (χ1) is 29.2. The van der Waals surface area contributed by atoms with Gasteiger partial charge >= 0.3 is 0 Å². The van der Waals surface area contributed by atoms with Gasteiger partial charge in [-0.3, -0.25) is 0 Å². The van der Waals surface area contributed by atoms with Crippen molar-refractivity contribution < 1.29 is 4.74 Å². The van der Waals surface area contributed by atoms with Crippen LogP contribution >= 0.6 is 0 Å². The van der Waals surface area contributed by atoms with Gasteiger partial charge in [-0.05, 0) is 129 Å². The zero-order chi connectivity index (χ0) is 39.1. The molecule has 11 rings (SSSR count). The molecule has 0 N–H and O–H groups in total. The summed E-state index contributed by atoms with van der Waals surface area (Å²) in [7, 11) is 0. The van der Waals surface area contributed by atoms with Gasteiger partial charge in [0.15, 0.2) is 0 Å². The van der Waals surface area contributed by atoms with Gasteiger partial charge in [-0.2, -0.15) is 0 Å². The van der Waals surface area contributed by atoms with E-state index in [1.165, 1.54) is 44.0 Å². The summed E-state index contributed by atoms with van der Waals surface area (Å²) in [6.07, 6.45) is 0. The molecule has 10 aromatic carbocycles. The molecule has 0 aromatic heterocycles. The van der Waals surface area contributed by atoms with E-state index in [0.29, 0.717) is 0 Å². The van der Waals surface area contributed by atoms with Crippen molar-refractivity contribution in [2.24, 2.45) is 0 Å². The van der Waals surface area contributed by atoms with Gasteiger partial charge in [0, 0.05) is 51.1 Å². The van der Waals surface area contributed by atoms with Crippen LogP contribution in [0.15, 0.2) is 231 Å². The number of para-hydroxylation sites is 2. The Morgan fingerprint density at radius 1 is 0.271 bits per heavy atom. The van der Waals surface area contributed by atoms with Gasteiger partial charge in [-0.1, -0.05) is 140 Å². The number of fused-ring (bicyclic) bond motifs is 4. The number of benzene rings is 10. The van der Waals surface area contributed by atoms with Crippen LogP contribution in [-0.4, -0.2) is 0 Å². The number of rotatable bonds is 8. The first kappa shape index (κ1) is 34.4. The normalized spacial score (nSPS) is 11.5. The van der Waals surface area contributed by atoms with E-state index < -0.39 is 0 Å². The van der Waals surface area contributed by atoms with Crippen LogP contribution in [0.5, 0.6) is 11.5 Å². The van der Waals surface area contributed by atoms with Crippen molar-refractivity contribution in [1.29, 1.82) is 0 Å². The van der Waals surface area contributed by atoms with Crippen LogP contribution in [-0.2, 0) is 0 Å². The Morgan fingerprint density at radius 2 is 0.729 bits per heavy atom. The third-order valence-corrected chi connectivity index (χ3v) is 11.4. The summed E-state index contributed by atoms with van der Waals surface area (Å²) >= 11 is 0. The molecule has 0 atom stereocenters. The van der Waals surface area contributed by atoms with Crippen molar-refractivity contribution in [1.82, 2.24) is 0 Å². The fourth-order valence-electron chi connectivity index (χ4n) is 8.59. The van der Waals surface area contributed by atoms with Gasteiger partial charge < -0.3 is 14.5 Å². The lowest BCUT2D eigenvalue weighted by Crippen LogP contribution is -2.10. The third-order valence-electron chi connectivity index (χ3n) is 11.4. The van der Waals surface area contributed by atoms with E-state index in [2.05, 4.69) is 240 Å². The van der Waals surface area contributed by atoms with Crippen molar-refractivity contribution in [2.45, 2.75) is 0 Å². The minimum absolute atomic E-state index is 0.847. The predicted octanol–water partition coefficient (Wildman–Crippen LogP) is 16.0. The number of ether oxygens (including phenoxy) is 1. The van der Waals surface area contributed by atoms with Crippen molar-refractivity contribution in [3.05, 3.63) is 231 Å². The van der Waals surface area contributed by atoms with Crippen molar-refractivity contribution in [3.8, 4) is 44.9 Å². The molecule has 0 saturated carbocycles. The van der Waals surface area contributed by atoms with Crippen LogP contribution in [0.4, 0.5) is 34.1 Å². The average molecular weight is 755 g/mol. The fourth-order valence-corrected chi connectivity index (χ4v) is 8.59. The molecule has 1 aliphatic rings. The highest BCUT2D eigenvalue weighted by atomic mass is 16.5. The molecule has 0 amide bonds. The molecule has 59 heavy (non-hydrogen) atoms. The van der Waals surface area contributed by atoms with Crippen molar-refractivity contribution in [3.63, 3.8) is 0 Å². The van der Waals surface area contributed by atoms with E-state index in [4.69, 9.17) is 4.74 Å². The van der Waals surface area contributed by atoms with Crippen LogP contribution in [0, 0.1) is 0 Å². The van der Waals surface area contributed by atoms with Crippen LogP contribution in [0.3, 0.4) is 0 Å². The largest absolute Gasteiger partial charge is 0.456 e. The molecule has 1 heterocycles. The van der Waals surface area contributed by atoms with E-state index in [1.54, 1.807) is 0 Å². The minimum Gasteiger partial charge on any atom is -0.456 e. The van der Waals surface area contributed by atoms with E-state index in [9.17, 15) is 0 Å². The molecule has 0 unspecified atom stereocenters. The maximum Gasteiger partial charge on any atom is 0.137 e. The van der Waals surface area contributed by atoms with Crippen LogP contribution in [0.2, 0.25) is 0 Å². The zero-order valence-electron chi connectivity index (χ0n) is 32.2. The Morgan fingerprint density at radius 3 is 1.29 bits per heavy atom. The molecule has 10 aromatic rings. The molecule has 1 aliphatic heterocycles. The van der Waals surface area contributed by atoms with Gasteiger partial charge in [0.25, 0.3) is 0 Å². The zero-order valence-corrected chi connectivity index (χ0v) is 32.2. The van der Waals surface area contributed by atoms with Gasteiger partial charge in [-0.25, -0.2) is 0 Å². The van der Waals surface area contributed by atoms with E-state index >= 15 is 0 Å². The number of hydrogen-bond donors (Lipinski definition) is 0. The topological polar surface area (TPSA) is 15.7 Å². The fraction of sp³-hybridized carbons (Fsp3) is 0. The van der Waals surface area contributed by atoms with Gasteiger partial charge in [0.2, 0.25) is 0 Å². The van der Waals surface area contributed by atoms with Gasteiger partial charge in [-0.15, -0.1) is 0 Å². The van der Waals surface area contributed by atoms with E-state index in [-0.39, 0.29) is 0 Å². The monoisotopic (exact) mass is 754 g/mol. The molecule has 0 saturated heterocycles. The molecule has 0 spiro atoms. The Bertz CT molecular complexity index is 2970. The summed E-state index contributed by atoms with van der Waals surface area (Å²) < 4.78 is 6.84. The lowest BCUT2D eigenvalue weighted by molar-refractivity contribution is 0.487. The quantitative estimate of drug-likeness (QED) is 0.144. The Balaban J connectivity index is 1.02. The lowest BCUT2D eigenvalue weighted by atomic mass is 9.90. The van der Waals surface area contributed by atoms with E-state index in [0.717, 1.165) is 56.6 Å². The average Bonchev–Trinajstić information content (AvgIpc) is 3.31. The molecule has 0 radical (unpaired) electrons. The highest BCUT2D eigenvalue weighted by molar-refractivity contribution is 6.18. The van der Waals surface area contributed by atoms with Crippen LogP contribution in [0.1, 0.15) is 0 Å². The molecular weight excluding hydrogens is 717 g/mol. The highest BCUT2D eigenvalue weighted by Gasteiger charge is 2.24. The SMILES string of the molecule is c1ccc(-c2ccc(N(c3ccc(-c4ccccc4)cc3)c3ccc4cc5c6c(cccc6c4c3)Oc3cc(N(c4ccccc4)c4ccccc4)ccc3-5)cc2)cc1. The van der Waals surface area contributed by atoms with Gasteiger partial charge in [0.1, 0.15) is 11.5 Å². The minimum atomic E-state index is 0.847. The number of nitrogens with zero attached hydrogens (tertiary/aromatic N) is 2. The predicted molar refractivity (Wildman–Crippen MR) is 247 cm³/mol.